The van der Waals surface area contributed by atoms with Crippen molar-refractivity contribution >= 4 is 50.5 Å². The molecule has 4 heteroatoms. The number of hydrogen-bond donors (Lipinski definition) is 4. The SMILES string of the molecule is Sc1cccc(C(c2ccccc2)(c2ccccc2)c2cccc(S)c2S)c1S. The van der Waals surface area contributed by atoms with E-state index in [1.807, 2.05) is 36.4 Å². The van der Waals surface area contributed by atoms with Crippen LogP contribution in [0.25, 0.3) is 0 Å². The Morgan fingerprint density at radius 1 is 0.414 bits per heavy atom. The molecular formula is C25H20S4. The molecule has 29 heavy (non-hydrogen) atoms. The van der Waals surface area contributed by atoms with E-state index < -0.39 is 5.41 Å². The molecule has 0 bridgehead atoms. The standard InChI is InChI=1S/C25H20S4/c26-21-15-7-13-19(23(21)28)25(17-9-3-1-4-10-17,18-11-5-2-6-12-18)20-14-8-16-22(27)24(20)29/h1-16,26-29H. The molecule has 0 N–H and O–H groups in total. The minimum Gasteiger partial charge on any atom is -0.142 e. The van der Waals surface area contributed by atoms with Crippen LogP contribution in [0.2, 0.25) is 0 Å². The van der Waals surface area contributed by atoms with Crippen molar-refractivity contribution in [3.63, 3.8) is 0 Å². The summed E-state index contributed by atoms with van der Waals surface area (Å²) in [5.74, 6) is 0. The molecule has 0 aliphatic rings. The molecule has 0 fully saturated rings. The second kappa shape index (κ2) is 8.57. The van der Waals surface area contributed by atoms with Gasteiger partial charge in [-0.25, -0.2) is 0 Å². The fourth-order valence-corrected chi connectivity index (χ4v) is 5.02. The molecule has 0 aliphatic heterocycles. The molecule has 144 valence electrons. The van der Waals surface area contributed by atoms with Crippen molar-refractivity contribution in [3.05, 3.63) is 119 Å². The lowest BCUT2D eigenvalue weighted by atomic mass is 9.65. The summed E-state index contributed by atoms with van der Waals surface area (Å²) in [7, 11) is 0. The summed E-state index contributed by atoms with van der Waals surface area (Å²) in [5, 5.41) is 0. The molecule has 0 aromatic heterocycles. The Kier molecular flexibility index (Phi) is 6.07. The van der Waals surface area contributed by atoms with Crippen molar-refractivity contribution in [3.8, 4) is 0 Å². The van der Waals surface area contributed by atoms with Gasteiger partial charge in [0.1, 0.15) is 0 Å². The van der Waals surface area contributed by atoms with E-state index in [1.54, 1.807) is 0 Å². The van der Waals surface area contributed by atoms with Crippen LogP contribution in [0.3, 0.4) is 0 Å². The largest absolute Gasteiger partial charge is 0.142 e. The Morgan fingerprint density at radius 3 is 1.17 bits per heavy atom. The molecule has 0 radical (unpaired) electrons. The van der Waals surface area contributed by atoms with E-state index in [2.05, 4.69) is 85.9 Å². The van der Waals surface area contributed by atoms with Crippen LogP contribution < -0.4 is 0 Å². The van der Waals surface area contributed by atoms with Crippen molar-refractivity contribution < 1.29 is 0 Å². The summed E-state index contributed by atoms with van der Waals surface area (Å²) in [4.78, 5) is 3.37. The van der Waals surface area contributed by atoms with Crippen LogP contribution in [-0.2, 0) is 5.41 Å². The Morgan fingerprint density at radius 2 is 0.793 bits per heavy atom. The van der Waals surface area contributed by atoms with E-state index in [4.69, 9.17) is 25.3 Å². The third kappa shape index (κ3) is 3.53. The molecular weight excluding hydrogens is 429 g/mol. The van der Waals surface area contributed by atoms with Gasteiger partial charge in [-0.15, -0.1) is 50.5 Å². The molecule has 4 aromatic carbocycles. The van der Waals surface area contributed by atoms with Crippen molar-refractivity contribution in [2.45, 2.75) is 25.0 Å². The van der Waals surface area contributed by atoms with Crippen LogP contribution in [0.15, 0.2) is 117 Å². The maximum Gasteiger partial charge on any atom is 0.0723 e. The summed E-state index contributed by atoms with van der Waals surface area (Å²) in [6.07, 6.45) is 0. The van der Waals surface area contributed by atoms with Gasteiger partial charge in [-0.05, 0) is 34.4 Å². The predicted molar refractivity (Wildman–Crippen MR) is 134 cm³/mol. The van der Waals surface area contributed by atoms with Crippen molar-refractivity contribution in [1.29, 1.82) is 0 Å². The van der Waals surface area contributed by atoms with Gasteiger partial charge >= 0.3 is 0 Å². The van der Waals surface area contributed by atoms with Crippen LogP contribution in [0, 0.1) is 0 Å². The smallest absolute Gasteiger partial charge is 0.0723 e. The molecule has 0 aliphatic carbocycles. The molecule has 0 nitrogen and oxygen atoms in total. The fourth-order valence-electron chi connectivity index (χ4n) is 3.98. The van der Waals surface area contributed by atoms with E-state index in [0.29, 0.717) is 0 Å². The van der Waals surface area contributed by atoms with Gasteiger partial charge in [0.05, 0.1) is 5.41 Å². The zero-order chi connectivity index (χ0) is 20.4. The highest BCUT2D eigenvalue weighted by Gasteiger charge is 2.41. The molecule has 0 saturated heterocycles. The average Bonchev–Trinajstić information content (AvgIpc) is 2.76. The third-order valence-corrected chi connectivity index (χ3v) is 7.31. The lowest BCUT2D eigenvalue weighted by Gasteiger charge is -2.38. The molecule has 0 amide bonds. The molecule has 0 saturated carbocycles. The topological polar surface area (TPSA) is 0 Å². The average molecular weight is 449 g/mol. The van der Waals surface area contributed by atoms with Gasteiger partial charge < -0.3 is 0 Å². The second-order valence-corrected chi connectivity index (χ2v) is 8.69. The third-order valence-electron chi connectivity index (χ3n) is 5.25. The fraction of sp³-hybridized carbons (Fsp3) is 0.0400. The van der Waals surface area contributed by atoms with Gasteiger partial charge in [0.15, 0.2) is 0 Å². The molecule has 0 heterocycles. The monoisotopic (exact) mass is 448 g/mol. The van der Waals surface area contributed by atoms with E-state index in [-0.39, 0.29) is 0 Å². The lowest BCUT2D eigenvalue weighted by Crippen LogP contribution is -2.32. The zero-order valence-corrected chi connectivity index (χ0v) is 19.1. The van der Waals surface area contributed by atoms with Crippen LogP contribution in [0.4, 0.5) is 0 Å². The minimum atomic E-state index is -0.617. The molecule has 0 spiro atoms. The first-order valence-corrected chi connectivity index (χ1v) is 11.0. The number of benzene rings is 4. The summed E-state index contributed by atoms with van der Waals surface area (Å²) in [5.41, 5.74) is 3.76. The van der Waals surface area contributed by atoms with Gasteiger partial charge in [0, 0.05) is 19.6 Å². The normalized spacial score (nSPS) is 11.4. The van der Waals surface area contributed by atoms with Crippen LogP contribution in [0.1, 0.15) is 22.3 Å². The predicted octanol–water partition coefficient (Wildman–Crippen LogP) is 7.22. The van der Waals surface area contributed by atoms with Gasteiger partial charge in [-0.2, -0.15) is 0 Å². The van der Waals surface area contributed by atoms with E-state index in [9.17, 15) is 0 Å². The van der Waals surface area contributed by atoms with Gasteiger partial charge in [-0.1, -0.05) is 84.9 Å². The molecule has 0 atom stereocenters. The van der Waals surface area contributed by atoms with Crippen LogP contribution in [0.5, 0.6) is 0 Å². The number of rotatable bonds is 4. The highest BCUT2D eigenvalue weighted by Crippen LogP contribution is 2.50. The number of thiol groups is 4. The quantitative estimate of drug-likeness (QED) is 0.184. The van der Waals surface area contributed by atoms with Crippen molar-refractivity contribution in [1.82, 2.24) is 0 Å². The Labute approximate surface area is 194 Å². The zero-order valence-electron chi connectivity index (χ0n) is 15.5. The highest BCUT2D eigenvalue weighted by atomic mass is 32.1. The Hall–Kier alpha value is -1.72. The first-order chi connectivity index (χ1) is 14.1. The van der Waals surface area contributed by atoms with Gasteiger partial charge in [0.25, 0.3) is 0 Å². The summed E-state index contributed by atoms with van der Waals surface area (Å²) in [6.45, 7) is 0. The summed E-state index contributed by atoms with van der Waals surface area (Å²) >= 11 is 19.1. The highest BCUT2D eigenvalue weighted by molar-refractivity contribution is 7.84. The first-order valence-electron chi connectivity index (χ1n) is 9.20. The van der Waals surface area contributed by atoms with Gasteiger partial charge in [0.2, 0.25) is 0 Å². The molecule has 0 unspecified atom stereocenters. The number of hydrogen-bond acceptors (Lipinski definition) is 4. The van der Waals surface area contributed by atoms with Crippen molar-refractivity contribution in [2.24, 2.45) is 0 Å². The first kappa shape index (κ1) is 20.5. The van der Waals surface area contributed by atoms with Gasteiger partial charge in [-0.3, -0.25) is 0 Å². The molecule has 4 aromatic rings. The summed E-state index contributed by atoms with van der Waals surface area (Å²) in [6, 6.07) is 33.2. The molecule has 4 rings (SSSR count). The Balaban J connectivity index is 2.24. The summed E-state index contributed by atoms with van der Waals surface area (Å²) < 4.78 is 0. The van der Waals surface area contributed by atoms with E-state index in [1.165, 1.54) is 0 Å². The van der Waals surface area contributed by atoms with E-state index >= 15 is 0 Å². The minimum absolute atomic E-state index is 0.617. The maximum atomic E-state index is 4.90. The lowest BCUT2D eigenvalue weighted by molar-refractivity contribution is 0.701. The maximum absolute atomic E-state index is 4.90. The van der Waals surface area contributed by atoms with Crippen LogP contribution in [-0.4, -0.2) is 0 Å². The van der Waals surface area contributed by atoms with Crippen LogP contribution >= 0.6 is 50.5 Å². The Bertz CT molecular complexity index is 1050. The van der Waals surface area contributed by atoms with Crippen molar-refractivity contribution in [2.75, 3.05) is 0 Å². The second-order valence-electron chi connectivity index (χ2n) is 6.83. The van der Waals surface area contributed by atoms with E-state index in [0.717, 1.165) is 41.8 Å².